The largest absolute Gasteiger partial charge is 0.466 e. The first-order valence-electron chi connectivity index (χ1n) is 25.4. The lowest BCUT2D eigenvalue weighted by atomic mass is 10.0. The van der Waals surface area contributed by atoms with E-state index >= 15 is 0 Å². The van der Waals surface area contributed by atoms with Crippen LogP contribution in [0.25, 0.3) is 0 Å². The van der Waals surface area contributed by atoms with E-state index in [1.807, 2.05) is 6.08 Å². The summed E-state index contributed by atoms with van der Waals surface area (Å²) in [7, 11) is 0. The van der Waals surface area contributed by atoms with Crippen molar-refractivity contribution in [1.82, 2.24) is 5.32 Å². The number of esters is 1. The Morgan fingerprint density at radius 2 is 0.847 bits per heavy atom. The maximum absolute atomic E-state index is 12.4. The van der Waals surface area contributed by atoms with E-state index in [-0.39, 0.29) is 18.5 Å². The van der Waals surface area contributed by atoms with E-state index in [2.05, 4.69) is 55.6 Å². The van der Waals surface area contributed by atoms with Gasteiger partial charge in [-0.1, -0.05) is 197 Å². The Labute approximate surface area is 366 Å². The van der Waals surface area contributed by atoms with Crippen molar-refractivity contribution in [3.63, 3.8) is 0 Å². The molecule has 0 saturated heterocycles. The first-order valence-corrected chi connectivity index (χ1v) is 25.4. The van der Waals surface area contributed by atoms with Gasteiger partial charge >= 0.3 is 5.97 Å². The molecule has 2 atom stereocenters. The molecule has 59 heavy (non-hydrogen) atoms. The molecule has 0 spiro atoms. The summed E-state index contributed by atoms with van der Waals surface area (Å²) in [6.45, 7) is 4.78. The number of hydrogen-bond donors (Lipinski definition) is 3. The van der Waals surface area contributed by atoms with Crippen molar-refractivity contribution >= 4 is 11.9 Å². The molecule has 0 aliphatic rings. The molecule has 0 aromatic carbocycles. The van der Waals surface area contributed by atoms with Gasteiger partial charge in [-0.25, -0.2) is 0 Å². The van der Waals surface area contributed by atoms with Gasteiger partial charge in [-0.3, -0.25) is 9.59 Å². The second-order valence-electron chi connectivity index (χ2n) is 17.1. The Bertz CT molecular complexity index is 1000. The van der Waals surface area contributed by atoms with Crippen LogP contribution in [0.3, 0.4) is 0 Å². The Morgan fingerprint density at radius 1 is 0.475 bits per heavy atom. The van der Waals surface area contributed by atoms with Gasteiger partial charge in [0, 0.05) is 12.8 Å². The molecular formula is C53H97NO5. The average Bonchev–Trinajstić information content (AvgIpc) is 3.24. The van der Waals surface area contributed by atoms with Crippen LogP contribution in [0.2, 0.25) is 0 Å². The quantitative estimate of drug-likeness (QED) is 0.0323. The SMILES string of the molecule is CCCCCC/C=C\C/C=C\CCCCCCCCCC(=O)OCCCC/C=C\CCCCCCC(=O)NC(CO)C(O)/C=C/CCCCCCCCCCCCCC. The predicted molar refractivity (Wildman–Crippen MR) is 255 cm³/mol. The molecule has 0 rings (SSSR count). The summed E-state index contributed by atoms with van der Waals surface area (Å²) in [5.41, 5.74) is 0. The minimum atomic E-state index is -0.867. The summed E-state index contributed by atoms with van der Waals surface area (Å²) in [5, 5.41) is 23.0. The van der Waals surface area contributed by atoms with Gasteiger partial charge in [-0.2, -0.15) is 0 Å². The maximum atomic E-state index is 12.4. The highest BCUT2D eigenvalue weighted by molar-refractivity contribution is 5.76. The molecule has 1 amide bonds. The highest BCUT2D eigenvalue weighted by Crippen LogP contribution is 2.14. The zero-order chi connectivity index (χ0) is 43.0. The van der Waals surface area contributed by atoms with E-state index in [9.17, 15) is 19.8 Å². The molecule has 0 fully saturated rings. The van der Waals surface area contributed by atoms with Crippen molar-refractivity contribution in [2.24, 2.45) is 0 Å². The number of allylic oxidation sites excluding steroid dienone is 7. The summed E-state index contributed by atoms with van der Waals surface area (Å²) in [4.78, 5) is 24.4. The summed E-state index contributed by atoms with van der Waals surface area (Å²) >= 11 is 0. The first-order chi connectivity index (χ1) is 29.0. The molecule has 0 aliphatic carbocycles. The fourth-order valence-electron chi connectivity index (χ4n) is 7.36. The Kier molecular flexibility index (Phi) is 46.7. The van der Waals surface area contributed by atoms with Crippen LogP contribution in [-0.4, -0.2) is 47.4 Å². The van der Waals surface area contributed by atoms with Crippen LogP contribution < -0.4 is 5.32 Å². The number of nitrogens with one attached hydrogen (secondary N) is 1. The number of amides is 1. The van der Waals surface area contributed by atoms with Crippen molar-refractivity contribution in [3.8, 4) is 0 Å². The molecule has 6 heteroatoms. The summed E-state index contributed by atoms with van der Waals surface area (Å²) in [6, 6.07) is -0.654. The number of unbranched alkanes of at least 4 members (excludes halogenated alkanes) is 29. The first kappa shape index (κ1) is 56.8. The molecule has 0 radical (unpaired) electrons. The van der Waals surface area contributed by atoms with Gasteiger partial charge in [0.2, 0.25) is 5.91 Å². The molecular weight excluding hydrogens is 731 g/mol. The normalized spacial score (nSPS) is 13.1. The third kappa shape index (κ3) is 45.2. The number of ether oxygens (including phenoxy) is 1. The molecule has 344 valence electrons. The second kappa shape index (κ2) is 48.5. The number of carbonyl (C=O) groups is 2. The van der Waals surface area contributed by atoms with E-state index in [0.717, 1.165) is 83.5 Å². The molecule has 0 bridgehead atoms. The van der Waals surface area contributed by atoms with Crippen LogP contribution in [0, 0.1) is 0 Å². The topological polar surface area (TPSA) is 95.9 Å². The van der Waals surface area contributed by atoms with Crippen molar-refractivity contribution in [3.05, 3.63) is 48.6 Å². The van der Waals surface area contributed by atoms with Gasteiger partial charge in [0.05, 0.1) is 25.4 Å². The van der Waals surface area contributed by atoms with E-state index in [4.69, 9.17) is 4.74 Å². The zero-order valence-electron chi connectivity index (χ0n) is 39.0. The molecule has 2 unspecified atom stereocenters. The highest BCUT2D eigenvalue weighted by atomic mass is 16.5. The van der Waals surface area contributed by atoms with E-state index in [1.165, 1.54) is 141 Å². The third-order valence-electron chi connectivity index (χ3n) is 11.3. The van der Waals surface area contributed by atoms with Gasteiger partial charge in [0.15, 0.2) is 0 Å². The van der Waals surface area contributed by atoms with Crippen molar-refractivity contribution in [2.45, 2.75) is 264 Å². The van der Waals surface area contributed by atoms with Gasteiger partial charge < -0.3 is 20.3 Å². The Balaban J connectivity index is 3.57. The van der Waals surface area contributed by atoms with Crippen molar-refractivity contribution in [2.75, 3.05) is 13.2 Å². The van der Waals surface area contributed by atoms with E-state index in [0.29, 0.717) is 19.4 Å². The predicted octanol–water partition coefficient (Wildman–Crippen LogP) is 15.1. The van der Waals surface area contributed by atoms with Crippen molar-refractivity contribution < 1.29 is 24.5 Å². The van der Waals surface area contributed by atoms with Crippen molar-refractivity contribution in [1.29, 1.82) is 0 Å². The van der Waals surface area contributed by atoms with Crippen LogP contribution in [0.4, 0.5) is 0 Å². The van der Waals surface area contributed by atoms with Gasteiger partial charge in [0.25, 0.3) is 0 Å². The Morgan fingerprint density at radius 3 is 1.32 bits per heavy atom. The fraction of sp³-hybridized carbons (Fsp3) is 0.811. The number of hydrogen-bond acceptors (Lipinski definition) is 5. The molecule has 0 aromatic heterocycles. The Hall–Kier alpha value is -2.18. The molecule has 3 N–H and O–H groups in total. The second-order valence-corrected chi connectivity index (χ2v) is 17.1. The maximum Gasteiger partial charge on any atom is 0.305 e. The monoisotopic (exact) mass is 828 g/mol. The summed E-state index contributed by atoms with van der Waals surface area (Å²) in [5.74, 6) is -0.153. The molecule has 0 aromatic rings. The van der Waals surface area contributed by atoms with E-state index < -0.39 is 12.1 Å². The lowest BCUT2D eigenvalue weighted by molar-refractivity contribution is -0.143. The third-order valence-corrected chi connectivity index (χ3v) is 11.3. The number of aliphatic hydroxyl groups is 2. The minimum absolute atomic E-state index is 0.0467. The average molecular weight is 828 g/mol. The van der Waals surface area contributed by atoms with Crippen LogP contribution in [0.1, 0.15) is 251 Å². The molecule has 0 heterocycles. The van der Waals surface area contributed by atoms with Gasteiger partial charge in [-0.05, 0) is 89.9 Å². The smallest absolute Gasteiger partial charge is 0.305 e. The lowest BCUT2D eigenvalue weighted by Crippen LogP contribution is -2.45. The van der Waals surface area contributed by atoms with Crippen LogP contribution >= 0.6 is 0 Å². The van der Waals surface area contributed by atoms with Crippen LogP contribution in [-0.2, 0) is 14.3 Å². The molecule has 0 saturated carbocycles. The zero-order valence-corrected chi connectivity index (χ0v) is 39.0. The lowest BCUT2D eigenvalue weighted by Gasteiger charge is -2.20. The van der Waals surface area contributed by atoms with Crippen LogP contribution in [0.15, 0.2) is 48.6 Å². The standard InChI is InChI=1S/C53H97NO5/c1-3-5-7-9-11-13-15-17-19-20-21-22-24-26-31-35-39-43-47-53(58)59-48-44-40-36-32-28-27-30-34-38-42-46-52(57)54-50(49-55)51(56)45-41-37-33-29-25-23-18-16-14-12-10-8-6-4-2/h13,15,19-20,28,32,41,45,50-51,55-56H,3-12,14,16-18,21-27,29-31,33-40,42-44,46-49H2,1-2H3,(H,54,57)/b15-13-,20-19-,32-28-,45-41+. The van der Waals surface area contributed by atoms with Gasteiger partial charge in [-0.15, -0.1) is 0 Å². The highest BCUT2D eigenvalue weighted by Gasteiger charge is 2.18. The summed E-state index contributed by atoms with van der Waals surface area (Å²) in [6.07, 6.45) is 59.6. The minimum Gasteiger partial charge on any atom is -0.466 e. The number of rotatable bonds is 46. The number of aliphatic hydroxyl groups excluding tert-OH is 2. The molecule has 0 aliphatic heterocycles. The fourth-order valence-corrected chi connectivity index (χ4v) is 7.36. The number of carbonyl (C=O) groups excluding carboxylic acids is 2. The van der Waals surface area contributed by atoms with E-state index in [1.54, 1.807) is 6.08 Å². The van der Waals surface area contributed by atoms with Gasteiger partial charge in [0.1, 0.15) is 0 Å². The molecule has 6 nitrogen and oxygen atoms in total. The summed E-state index contributed by atoms with van der Waals surface area (Å²) < 4.78 is 5.43. The van der Waals surface area contributed by atoms with Crippen LogP contribution in [0.5, 0.6) is 0 Å².